The van der Waals surface area contributed by atoms with Gasteiger partial charge in [0.1, 0.15) is 11.9 Å². The van der Waals surface area contributed by atoms with Gasteiger partial charge in [-0.3, -0.25) is 24.5 Å². The summed E-state index contributed by atoms with van der Waals surface area (Å²) < 4.78 is 13.6. The van der Waals surface area contributed by atoms with Crippen molar-refractivity contribution in [1.82, 2.24) is 15.1 Å². The number of hydrogen-bond acceptors (Lipinski definition) is 5. The van der Waals surface area contributed by atoms with Crippen molar-refractivity contribution in [2.75, 3.05) is 18.4 Å². The lowest BCUT2D eigenvalue weighted by atomic mass is 9.72. The van der Waals surface area contributed by atoms with Crippen molar-refractivity contribution in [1.29, 1.82) is 0 Å². The van der Waals surface area contributed by atoms with Crippen LogP contribution in [0.25, 0.3) is 5.57 Å². The number of benzene rings is 2. The molecule has 3 heterocycles. The first-order valence-corrected chi connectivity index (χ1v) is 14.9. The highest BCUT2D eigenvalue weighted by Gasteiger charge is 2.39. The Kier molecular flexibility index (Phi) is 7.37. The van der Waals surface area contributed by atoms with E-state index in [9.17, 15) is 23.6 Å². The van der Waals surface area contributed by atoms with Gasteiger partial charge in [-0.25, -0.2) is 4.39 Å². The molecule has 4 aliphatic rings. The predicted octanol–water partition coefficient (Wildman–Crippen LogP) is 4.65. The van der Waals surface area contributed by atoms with Crippen LogP contribution in [0.5, 0.6) is 0 Å². The molecule has 1 atom stereocenters. The van der Waals surface area contributed by atoms with Crippen molar-refractivity contribution in [2.45, 2.75) is 77.4 Å². The van der Waals surface area contributed by atoms with Crippen LogP contribution in [0.15, 0.2) is 48.0 Å². The molecule has 1 unspecified atom stereocenters. The zero-order chi connectivity index (χ0) is 29.6. The van der Waals surface area contributed by atoms with Gasteiger partial charge in [-0.05, 0) is 91.0 Å². The zero-order valence-electron chi connectivity index (χ0n) is 24.2. The quantitative estimate of drug-likeness (QED) is 0.508. The van der Waals surface area contributed by atoms with Crippen molar-refractivity contribution < 1.29 is 23.6 Å². The van der Waals surface area contributed by atoms with E-state index in [0.29, 0.717) is 31.6 Å². The molecule has 2 aromatic rings. The minimum absolute atomic E-state index is 0.0871. The predicted molar refractivity (Wildman–Crippen MR) is 157 cm³/mol. The molecule has 0 bridgehead atoms. The number of amides is 4. The molecular formula is C33H37FN4O4. The molecule has 4 amide bonds. The maximum Gasteiger partial charge on any atom is 0.255 e. The largest absolute Gasteiger partial charge is 0.382 e. The van der Waals surface area contributed by atoms with E-state index >= 15 is 0 Å². The highest BCUT2D eigenvalue weighted by molar-refractivity contribution is 6.05. The van der Waals surface area contributed by atoms with Gasteiger partial charge in [0, 0.05) is 48.9 Å². The van der Waals surface area contributed by atoms with Crippen LogP contribution in [0.2, 0.25) is 0 Å². The molecule has 0 spiro atoms. The number of hydrogen-bond donors (Lipinski definition) is 2. The third-order valence-electron chi connectivity index (χ3n) is 9.20. The second-order valence-electron chi connectivity index (χ2n) is 12.8. The summed E-state index contributed by atoms with van der Waals surface area (Å²) in [6, 6.07) is 11.7. The highest BCUT2D eigenvalue weighted by Crippen LogP contribution is 2.43. The van der Waals surface area contributed by atoms with Crippen LogP contribution in [0.3, 0.4) is 0 Å². The molecule has 2 N–H and O–H groups in total. The summed E-state index contributed by atoms with van der Waals surface area (Å²) in [5.41, 5.74) is 5.27. The van der Waals surface area contributed by atoms with Crippen molar-refractivity contribution >= 4 is 34.9 Å². The summed E-state index contributed by atoms with van der Waals surface area (Å²) in [6.45, 7) is 6.07. The molecule has 1 aliphatic carbocycles. The number of nitrogens with zero attached hydrogens (tertiary/aromatic N) is 2. The molecular weight excluding hydrogens is 535 g/mol. The minimum atomic E-state index is -0.630. The SMILES string of the molecule is CC1(C)CCC(C(=O)N2CCC(Nc3ccc4c(c3)CN(C3CCC(=O)NC3=O)C4=O)CC2)=C(c2ccc(F)cc2)C1. The number of anilines is 1. The molecule has 3 aliphatic heterocycles. The normalized spacial score (nSPS) is 22.7. The lowest BCUT2D eigenvalue weighted by Gasteiger charge is -2.37. The van der Waals surface area contributed by atoms with Gasteiger partial charge in [0.15, 0.2) is 0 Å². The molecule has 0 saturated carbocycles. The van der Waals surface area contributed by atoms with E-state index in [4.69, 9.17) is 0 Å². The maximum atomic E-state index is 13.7. The molecule has 42 heavy (non-hydrogen) atoms. The molecule has 8 nitrogen and oxygen atoms in total. The summed E-state index contributed by atoms with van der Waals surface area (Å²) in [4.78, 5) is 54.1. The highest BCUT2D eigenvalue weighted by atomic mass is 19.1. The fourth-order valence-electron chi connectivity index (χ4n) is 6.77. The molecule has 6 rings (SSSR count). The third kappa shape index (κ3) is 5.56. The van der Waals surface area contributed by atoms with E-state index in [1.54, 1.807) is 23.1 Å². The number of carbonyl (C=O) groups is 4. The second-order valence-corrected chi connectivity index (χ2v) is 12.8. The standard InChI is InChI=1S/C33H37FN4O4/c1-33(2)14-11-26(27(18-33)20-3-5-22(34)6-4-20)31(41)37-15-12-23(13-16-37)35-24-7-8-25-21(17-24)19-38(32(25)42)28-9-10-29(39)36-30(28)40/h3-8,17,23,28,35H,9-16,18-19H2,1-2H3,(H,36,39,40). The molecule has 2 saturated heterocycles. The molecule has 0 aromatic heterocycles. The zero-order valence-corrected chi connectivity index (χ0v) is 24.2. The monoisotopic (exact) mass is 572 g/mol. The van der Waals surface area contributed by atoms with E-state index in [0.717, 1.165) is 60.1 Å². The molecule has 2 fully saturated rings. The number of rotatable bonds is 5. The maximum absolute atomic E-state index is 13.7. The Morgan fingerprint density at radius 1 is 1.00 bits per heavy atom. The van der Waals surface area contributed by atoms with Crippen LogP contribution in [-0.4, -0.2) is 58.6 Å². The number of carbonyl (C=O) groups excluding carboxylic acids is 4. The minimum Gasteiger partial charge on any atom is -0.382 e. The van der Waals surface area contributed by atoms with Crippen LogP contribution in [0.4, 0.5) is 10.1 Å². The number of imide groups is 1. The first-order valence-electron chi connectivity index (χ1n) is 14.9. The van der Waals surface area contributed by atoms with E-state index in [1.807, 2.05) is 17.0 Å². The van der Waals surface area contributed by atoms with Crippen LogP contribution in [0.1, 0.15) is 80.3 Å². The lowest BCUT2D eigenvalue weighted by Crippen LogP contribution is -2.52. The molecule has 2 aromatic carbocycles. The lowest BCUT2D eigenvalue weighted by molar-refractivity contribution is -0.137. The van der Waals surface area contributed by atoms with Gasteiger partial charge in [0.2, 0.25) is 17.7 Å². The number of fused-ring (bicyclic) bond motifs is 1. The molecule has 0 radical (unpaired) electrons. The summed E-state index contributed by atoms with van der Waals surface area (Å²) >= 11 is 0. The number of likely N-dealkylation sites (tertiary alicyclic amines) is 1. The van der Waals surface area contributed by atoms with Gasteiger partial charge in [0.25, 0.3) is 5.91 Å². The number of allylic oxidation sites excluding steroid dienone is 1. The van der Waals surface area contributed by atoms with Crippen molar-refractivity contribution in [3.63, 3.8) is 0 Å². The van der Waals surface area contributed by atoms with Gasteiger partial charge in [-0.2, -0.15) is 0 Å². The Morgan fingerprint density at radius 3 is 2.45 bits per heavy atom. The Morgan fingerprint density at radius 2 is 1.74 bits per heavy atom. The van der Waals surface area contributed by atoms with E-state index in [-0.39, 0.29) is 41.4 Å². The van der Waals surface area contributed by atoms with E-state index < -0.39 is 11.9 Å². The van der Waals surface area contributed by atoms with Gasteiger partial charge >= 0.3 is 0 Å². The van der Waals surface area contributed by atoms with Crippen LogP contribution >= 0.6 is 0 Å². The van der Waals surface area contributed by atoms with Gasteiger partial charge in [-0.1, -0.05) is 26.0 Å². The fraction of sp³-hybridized carbons (Fsp3) is 0.455. The van der Waals surface area contributed by atoms with Crippen molar-refractivity contribution in [3.8, 4) is 0 Å². The summed E-state index contributed by atoms with van der Waals surface area (Å²) in [5, 5.41) is 5.92. The Labute approximate surface area is 245 Å². The summed E-state index contributed by atoms with van der Waals surface area (Å²) in [5.74, 6) is -1.08. The number of nitrogens with one attached hydrogen (secondary N) is 2. The molecule has 9 heteroatoms. The topological polar surface area (TPSA) is 98.8 Å². The van der Waals surface area contributed by atoms with Crippen molar-refractivity contribution in [3.05, 3.63) is 70.5 Å². The third-order valence-corrected chi connectivity index (χ3v) is 9.20. The fourth-order valence-corrected chi connectivity index (χ4v) is 6.77. The van der Waals surface area contributed by atoms with Gasteiger partial charge < -0.3 is 15.1 Å². The Bertz CT molecular complexity index is 1470. The summed E-state index contributed by atoms with van der Waals surface area (Å²) in [6.07, 6.45) is 4.63. The number of halogens is 1. The molecule has 220 valence electrons. The van der Waals surface area contributed by atoms with Crippen LogP contribution < -0.4 is 10.6 Å². The van der Waals surface area contributed by atoms with Gasteiger partial charge in [0.05, 0.1) is 0 Å². The average Bonchev–Trinajstić information content (AvgIpc) is 3.28. The first-order chi connectivity index (χ1) is 20.1. The van der Waals surface area contributed by atoms with Gasteiger partial charge in [-0.15, -0.1) is 0 Å². The Hall–Kier alpha value is -4.01. The van der Waals surface area contributed by atoms with Crippen molar-refractivity contribution in [2.24, 2.45) is 5.41 Å². The van der Waals surface area contributed by atoms with Crippen LogP contribution in [0, 0.1) is 11.2 Å². The first kappa shape index (κ1) is 28.1. The average molecular weight is 573 g/mol. The van der Waals surface area contributed by atoms with E-state index in [1.165, 1.54) is 12.1 Å². The van der Waals surface area contributed by atoms with E-state index in [2.05, 4.69) is 24.5 Å². The smallest absolute Gasteiger partial charge is 0.255 e. The number of piperidine rings is 2. The summed E-state index contributed by atoms with van der Waals surface area (Å²) in [7, 11) is 0. The second kappa shape index (κ2) is 11.0. The Balaban J connectivity index is 1.09. The van der Waals surface area contributed by atoms with Crippen LogP contribution in [-0.2, 0) is 20.9 Å².